The van der Waals surface area contributed by atoms with Crippen molar-refractivity contribution in [2.24, 2.45) is 4.99 Å². The molecule has 0 N–H and O–H groups in total. The molecular formula is C22H26N2O6S2. The SMILES string of the molecule is CCOCCn1c(=NC(=O)c2cccc(S(=O)(=O)CC)c2)sc2c(OC)ccc(OC)c21. The van der Waals surface area contributed by atoms with Gasteiger partial charge in [0.15, 0.2) is 14.6 Å². The molecule has 0 unspecified atom stereocenters. The number of carbonyl (C=O) groups is 1. The van der Waals surface area contributed by atoms with Crippen LogP contribution >= 0.6 is 11.3 Å². The smallest absolute Gasteiger partial charge is 0.279 e. The minimum Gasteiger partial charge on any atom is -0.495 e. The fourth-order valence-electron chi connectivity index (χ4n) is 3.19. The Bertz CT molecular complexity index is 1290. The Hall–Kier alpha value is -2.69. The van der Waals surface area contributed by atoms with E-state index in [0.29, 0.717) is 36.1 Å². The number of benzene rings is 2. The van der Waals surface area contributed by atoms with Crippen molar-refractivity contribution in [2.75, 3.05) is 33.2 Å². The molecule has 0 saturated heterocycles. The molecule has 32 heavy (non-hydrogen) atoms. The summed E-state index contributed by atoms with van der Waals surface area (Å²) in [6, 6.07) is 9.55. The zero-order chi connectivity index (χ0) is 23.3. The third kappa shape index (κ3) is 4.87. The molecule has 10 heteroatoms. The quantitative estimate of drug-likeness (QED) is 0.438. The van der Waals surface area contributed by atoms with Gasteiger partial charge in [-0.1, -0.05) is 24.3 Å². The van der Waals surface area contributed by atoms with Crippen LogP contribution < -0.4 is 14.3 Å². The molecule has 1 heterocycles. The largest absolute Gasteiger partial charge is 0.495 e. The second-order valence-electron chi connectivity index (χ2n) is 6.73. The van der Waals surface area contributed by atoms with Crippen LogP contribution in [0.15, 0.2) is 46.3 Å². The van der Waals surface area contributed by atoms with E-state index in [9.17, 15) is 13.2 Å². The van der Waals surface area contributed by atoms with Gasteiger partial charge in [0.05, 0.1) is 31.5 Å². The fourth-order valence-corrected chi connectivity index (χ4v) is 5.28. The summed E-state index contributed by atoms with van der Waals surface area (Å²) >= 11 is 1.30. The van der Waals surface area contributed by atoms with E-state index in [0.717, 1.165) is 10.2 Å². The summed E-state index contributed by atoms with van der Waals surface area (Å²) < 4.78 is 43.6. The van der Waals surface area contributed by atoms with E-state index >= 15 is 0 Å². The number of rotatable bonds is 9. The first-order valence-electron chi connectivity index (χ1n) is 10.1. The average Bonchev–Trinajstić information content (AvgIpc) is 3.16. The van der Waals surface area contributed by atoms with Crippen molar-refractivity contribution in [3.8, 4) is 11.5 Å². The van der Waals surface area contributed by atoms with Gasteiger partial charge in [-0.2, -0.15) is 4.99 Å². The highest BCUT2D eigenvalue weighted by atomic mass is 32.2. The molecule has 3 rings (SSSR count). The number of hydrogen-bond donors (Lipinski definition) is 0. The Balaban J connectivity index is 2.18. The number of amides is 1. The van der Waals surface area contributed by atoms with Crippen LogP contribution in [-0.2, 0) is 21.1 Å². The molecule has 3 aromatic rings. The van der Waals surface area contributed by atoms with Gasteiger partial charge >= 0.3 is 0 Å². The molecule has 172 valence electrons. The molecular weight excluding hydrogens is 452 g/mol. The predicted octanol–water partition coefficient (Wildman–Crippen LogP) is 3.29. The van der Waals surface area contributed by atoms with Crippen molar-refractivity contribution in [2.45, 2.75) is 25.3 Å². The number of nitrogens with zero attached hydrogens (tertiary/aromatic N) is 2. The molecule has 0 aliphatic heterocycles. The highest BCUT2D eigenvalue weighted by Gasteiger charge is 2.18. The molecule has 0 fully saturated rings. The molecule has 0 spiro atoms. The second kappa shape index (κ2) is 10.3. The first kappa shape index (κ1) is 24.0. The maximum absolute atomic E-state index is 13.0. The molecule has 8 nitrogen and oxygen atoms in total. The monoisotopic (exact) mass is 478 g/mol. The number of sulfone groups is 1. The van der Waals surface area contributed by atoms with Gasteiger partial charge < -0.3 is 18.8 Å². The number of aromatic nitrogens is 1. The van der Waals surface area contributed by atoms with Gasteiger partial charge in [0.1, 0.15) is 21.7 Å². The Kier molecular flexibility index (Phi) is 7.70. The van der Waals surface area contributed by atoms with Crippen LogP contribution in [0.1, 0.15) is 24.2 Å². The Morgan fingerprint density at radius 1 is 1.09 bits per heavy atom. The molecule has 0 atom stereocenters. The van der Waals surface area contributed by atoms with E-state index in [4.69, 9.17) is 14.2 Å². The Labute approximate surface area is 191 Å². The number of thiazole rings is 1. The topological polar surface area (TPSA) is 96.2 Å². The second-order valence-corrected chi connectivity index (χ2v) is 9.98. The van der Waals surface area contributed by atoms with Gasteiger partial charge in [0.25, 0.3) is 5.91 Å². The summed E-state index contributed by atoms with van der Waals surface area (Å²) in [6.45, 7) is 4.91. The van der Waals surface area contributed by atoms with Crippen LogP contribution in [0.5, 0.6) is 11.5 Å². The summed E-state index contributed by atoms with van der Waals surface area (Å²) in [4.78, 5) is 17.9. The van der Waals surface area contributed by atoms with Crippen molar-refractivity contribution in [1.29, 1.82) is 0 Å². The molecule has 0 bridgehead atoms. The normalized spacial score (nSPS) is 12.3. The minimum atomic E-state index is -3.43. The van der Waals surface area contributed by atoms with Crippen molar-refractivity contribution < 1.29 is 27.4 Å². The highest BCUT2D eigenvalue weighted by Crippen LogP contribution is 2.35. The molecule has 0 radical (unpaired) electrons. The standard InChI is InChI=1S/C22H26N2O6S2/c1-5-30-13-12-24-19-17(28-3)10-11-18(29-4)20(19)31-22(24)23-21(25)15-8-7-9-16(14-15)32(26,27)6-2/h7-11,14H,5-6,12-13H2,1-4H3. The third-order valence-corrected chi connectivity index (χ3v) is 7.70. The van der Waals surface area contributed by atoms with E-state index in [-0.39, 0.29) is 16.2 Å². The lowest BCUT2D eigenvalue weighted by molar-refractivity contribution is 0.0996. The number of fused-ring (bicyclic) bond motifs is 1. The predicted molar refractivity (Wildman–Crippen MR) is 123 cm³/mol. The van der Waals surface area contributed by atoms with Gasteiger partial charge in [0.2, 0.25) is 0 Å². The van der Waals surface area contributed by atoms with Gasteiger partial charge in [-0.15, -0.1) is 0 Å². The third-order valence-electron chi connectivity index (χ3n) is 4.87. The number of ether oxygens (including phenoxy) is 3. The van der Waals surface area contributed by atoms with E-state index in [1.165, 1.54) is 23.5 Å². The van der Waals surface area contributed by atoms with Crippen LogP contribution in [0.4, 0.5) is 0 Å². The Morgan fingerprint density at radius 2 is 1.81 bits per heavy atom. The van der Waals surface area contributed by atoms with Crippen molar-refractivity contribution in [1.82, 2.24) is 4.57 Å². The first-order chi connectivity index (χ1) is 15.4. The molecule has 1 amide bonds. The summed E-state index contributed by atoms with van der Waals surface area (Å²) in [5.74, 6) is 0.682. The molecule has 0 aliphatic carbocycles. The van der Waals surface area contributed by atoms with Gasteiger partial charge in [-0.25, -0.2) is 8.42 Å². The van der Waals surface area contributed by atoms with E-state index in [2.05, 4.69) is 4.99 Å². The number of methoxy groups -OCH3 is 2. The van der Waals surface area contributed by atoms with Crippen LogP contribution in [-0.4, -0.2) is 52.1 Å². The lowest BCUT2D eigenvalue weighted by atomic mass is 10.2. The van der Waals surface area contributed by atoms with Crippen LogP contribution in [0.25, 0.3) is 10.2 Å². The van der Waals surface area contributed by atoms with E-state index < -0.39 is 15.7 Å². The van der Waals surface area contributed by atoms with Gasteiger partial charge in [-0.3, -0.25) is 4.79 Å². The van der Waals surface area contributed by atoms with Gasteiger partial charge in [-0.05, 0) is 37.3 Å². The summed E-state index contributed by atoms with van der Waals surface area (Å²) in [7, 11) is -0.281. The molecule has 1 aromatic heterocycles. The Morgan fingerprint density at radius 3 is 2.47 bits per heavy atom. The maximum Gasteiger partial charge on any atom is 0.279 e. The van der Waals surface area contributed by atoms with E-state index in [1.807, 2.05) is 11.5 Å². The van der Waals surface area contributed by atoms with Crippen LogP contribution in [0, 0.1) is 0 Å². The summed E-state index contributed by atoms with van der Waals surface area (Å²) in [5, 5.41) is 0. The average molecular weight is 479 g/mol. The summed E-state index contributed by atoms with van der Waals surface area (Å²) in [6.07, 6.45) is 0. The van der Waals surface area contributed by atoms with Crippen LogP contribution in [0.2, 0.25) is 0 Å². The zero-order valence-electron chi connectivity index (χ0n) is 18.5. The maximum atomic E-state index is 13.0. The van der Waals surface area contributed by atoms with Crippen molar-refractivity contribution in [3.63, 3.8) is 0 Å². The van der Waals surface area contributed by atoms with E-state index in [1.54, 1.807) is 45.4 Å². The lowest BCUT2D eigenvalue weighted by Crippen LogP contribution is -2.20. The number of hydrogen-bond acceptors (Lipinski definition) is 7. The van der Waals surface area contributed by atoms with Crippen molar-refractivity contribution in [3.05, 3.63) is 46.8 Å². The van der Waals surface area contributed by atoms with Crippen LogP contribution in [0.3, 0.4) is 0 Å². The lowest BCUT2D eigenvalue weighted by Gasteiger charge is -2.10. The highest BCUT2D eigenvalue weighted by molar-refractivity contribution is 7.91. The minimum absolute atomic E-state index is 0.0465. The fraction of sp³-hybridized carbons (Fsp3) is 0.364. The first-order valence-corrected chi connectivity index (χ1v) is 12.6. The molecule has 0 saturated carbocycles. The molecule has 2 aromatic carbocycles. The van der Waals surface area contributed by atoms with Crippen molar-refractivity contribution >= 4 is 37.3 Å². The van der Waals surface area contributed by atoms with Gasteiger partial charge in [0, 0.05) is 18.7 Å². The number of carbonyl (C=O) groups excluding carboxylic acids is 1. The molecule has 0 aliphatic rings. The zero-order valence-corrected chi connectivity index (χ0v) is 20.1. The summed E-state index contributed by atoms with van der Waals surface area (Å²) in [5.41, 5.74) is 0.956.